The third kappa shape index (κ3) is 32.8. The van der Waals surface area contributed by atoms with Crippen LogP contribution in [0.3, 0.4) is 0 Å². The molecule has 0 aromatic heterocycles. The minimum absolute atomic E-state index is 0.139. The molecule has 0 aliphatic heterocycles. The zero-order chi connectivity index (χ0) is 7.70. The fraction of sp³-hybridized carbons (Fsp3) is 1.00. The monoisotopic (exact) mass is 136 g/mol. The molecule has 0 saturated heterocycles. The summed E-state index contributed by atoms with van der Waals surface area (Å²) in [6.07, 6.45) is 0.315. The molecular formula is C6H16O3. The molecule has 1 unspecified atom stereocenters. The fourth-order valence-electron chi connectivity index (χ4n) is 0. The summed E-state index contributed by atoms with van der Waals surface area (Å²) in [5.74, 6) is 0. The summed E-state index contributed by atoms with van der Waals surface area (Å²) in [4.78, 5) is 0. The third-order valence-corrected chi connectivity index (χ3v) is 0.488. The van der Waals surface area contributed by atoms with Crippen LogP contribution in [0.15, 0.2) is 0 Å². The first-order valence-electron chi connectivity index (χ1n) is 3.08. The van der Waals surface area contributed by atoms with Crippen LogP contribution < -0.4 is 0 Å². The highest BCUT2D eigenvalue weighted by Gasteiger charge is 1.83. The predicted molar refractivity (Wildman–Crippen MR) is 36.1 cm³/mol. The van der Waals surface area contributed by atoms with Gasteiger partial charge in [0, 0.05) is 6.61 Å². The summed E-state index contributed by atoms with van der Waals surface area (Å²) < 4.78 is 0. The Morgan fingerprint density at radius 1 is 1.33 bits per heavy atom. The van der Waals surface area contributed by atoms with E-state index in [1.807, 2.05) is 6.92 Å². The molecular weight excluding hydrogens is 120 g/mol. The second-order valence-electron chi connectivity index (χ2n) is 1.76. The van der Waals surface area contributed by atoms with Crippen LogP contribution in [0.2, 0.25) is 0 Å². The standard InChI is InChI=1S/C3H8O2.C3H8O/c1-3(5)2-4;1-2-3-4/h3-5H,2H2,1H3;4H,2-3H2,1H3. The molecule has 1 atom stereocenters. The van der Waals surface area contributed by atoms with Crippen LogP contribution >= 0.6 is 0 Å². The van der Waals surface area contributed by atoms with Gasteiger partial charge in [-0.05, 0) is 13.3 Å². The van der Waals surface area contributed by atoms with Crippen LogP contribution in [-0.2, 0) is 0 Å². The molecule has 0 radical (unpaired) electrons. The maximum absolute atomic E-state index is 8.11. The molecule has 3 N–H and O–H groups in total. The zero-order valence-electron chi connectivity index (χ0n) is 6.04. The summed E-state index contributed by atoms with van der Waals surface area (Å²) in [6, 6.07) is 0. The first kappa shape index (κ1) is 11.6. The van der Waals surface area contributed by atoms with E-state index in [-0.39, 0.29) is 6.61 Å². The van der Waals surface area contributed by atoms with Gasteiger partial charge in [0.2, 0.25) is 0 Å². The smallest absolute Gasteiger partial charge is 0.0742 e. The molecule has 0 aliphatic carbocycles. The summed E-state index contributed by atoms with van der Waals surface area (Å²) in [5.41, 5.74) is 0. The van der Waals surface area contributed by atoms with Crippen LogP contribution in [0.25, 0.3) is 0 Å². The van der Waals surface area contributed by atoms with Crippen LogP contribution in [0.4, 0.5) is 0 Å². The number of aliphatic hydroxyl groups excluding tert-OH is 3. The van der Waals surface area contributed by atoms with Crippen molar-refractivity contribution >= 4 is 0 Å². The molecule has 0 fully saturated rings. The van der Waals surface area contributed by atoms with Gasteiger partial charge in [-0.3, -0.25) is 0 Å². The number of hydrogen-bond donors (Lipinski definition) is 3. The van der Waals surface area contributed by atoms with E-state index < -0.39 is 6.10 Å². The molecule has 0 bridgehead atoms. The largest absolute Gasteiger partial charge is 0.396 e. The Kier molecular flexibility index (Phi) is 14.0. The Balaban J connectivity index is 0. The van der Waals surface area contributed by atoms with E-state index in [4.69, 9.17) is 15.3 Å². The third-order valence-electron chi connectivity index (χ3n) is 0.488. The van der Waals surface area contributed by atoms with E-state index in [9.17, 15) is 0 Å². The average Bonchev–Trinajstić information content (AvgIpc) is 1.89. The minimum Gasteiger partial charge on any atom is -0.396 e. The average molecular weight is 136 g/mol. The van der Waals surface area contributed by atoms with Gasteiger partial charge in [0.1, 0.15) is 0 Å². The van der Waals surface area contributed by atoms with E-state index in [0.29, 0.717) is 6.61 Å². The molecule has 58 valence electrons. The van der Waals surface area contributed by atoms with Crippen molar-refractivity contribution < 1.29 is 15.3 Å². The molecule has 0 spiro atoms. The Bertz CT molecular complexity index is 35.3. The van der Waals surface area contributed by atoms with E-state index in [2.05, 4.69) is 0 Å². The van der Waals surface area contributed by atoms with Gasteiger partial charge in [-0.1, -0.05) is 6.92 Å². The van der Waals surface area contributed by atoms with Crippen molar-refractivity contribution in [1.29, 1.82) is 0 Å². The van der Waals surface area contributed by atoms with Crippen molar-refractivity contribution in [2.75, 3.05) is 13.2 Å². The lowest BCUT2D eigenvalue weighted by atomic mass is 10.5. The highest BCUT2D eigenvalue weighted by Crippen LogP contribution is 1.68. The molecule has 9 heavy (non-hydrogen) atoms. The van der Waals surface area contributed by atoms with Crippen molar-refractivity contribution in [1.82, 2.24) is 0 Å². The summed E-state index contributed by atoms with van der Waals surface area (Å²) in [5, 5.41) is 23.9. The second-order valence-corrected chi connectivity index (χ2v) is 1.76. The van der Waals surface area contributed by atoms with Gasteiger partial charge in [0.05, 0.1) is 12.7 Å². The highest BCUT2D eigenvalue weighted by atomic mass is 16.3. The van der Waals surface area contributed by atoms with Crippen molar-refractivity contribution in [3.63, 3.8) is 0 Å². The quantitative estimate of drug-likeness (QED) is 0.490. The Hall–Kier alpha value is -0.120. The molecule has 0 aromatic carbocycles. The van der Waals surface area contributed by atoms with Crippen molar-refractivity contribution in [3.8, 4) is 0 Å². The van der Waals surface area contributed by atoms with Gasteiger partial charge in [-0.2, -0.15) is 0 Å². The highest BCUT2D eigenvalue weighted by molar-refractivity contribution is 4.34. The SMILES string of the molecule is CC(O)CO.CCCO. The molecule has 0 heterocycles. The lowest BCUT2D eigenvalue weighted by molar-refractivity contribution is 0.110. The molecule has 0 rings (SSSR count). The van der Waals surface area contributed by atoms with Crippen molar-refractivity contribution in [2.24, 2.45) is 0 Å². The lowest BCUT2D eigenvalue weighted by Gasteiger charge is -1.90. The van der Waals surface area contributed by atoms with Crippen molar-refractivity contribution in [3.05, 3.63) is 0 Å². The zero-order valence-corrected chi connectivity index (χ0v) is 6.04. The van der Waals surface area contributed by atoms with Crippen LogP contribution in [0, 0.1) is 0 Å². The number of hydrogen-bond acceptors (Lipinski definition) is 3. The van der Waals surface area contributed by atoms with Crippen LogP contribution in [0.1, 0.15) is 20.3 Å². The van der Waals surface area contributed by atoms with Gasteiger partial charge in [0.15, 0.2) is 0 Å². The number of rotatable bonds is 2. The molecule has 0 aliphatic rings. The van der Waals surface area contributed by atoms with Gasteiger partial charge < -0.3 is 15.3 Å². The molecule has 0 amide bonds. The Morgan fingerprint density at radius 2 is 1.56 bits per heavy atom. The van der Waals surface area contributed by atoms with E-state index >= 15 is 0 Å². The van der Waals surface area contributed by atoms with E-state index in [1.165, 1.54) is 6.92 Å². The summed E-state index contributed by atoms with van der Waals surface area (Å²) in [7, 11) is 0. The first-order chi connectivity index (χ1) is 4.18. The lowest BCUT2D eigenvalue weighted by Crippen LogP contribution is -2.03. The molecule has 3 nitrogen and oxygen atoms in total. The van der Waals surface area contributed by atoms with E-state index in [1.54, 1.807) is 0 Å². The Morgan fingerprint density at radius 3 is 1.56 bits per heavy atom. The first-order valence-corrected chi connectivity index (χ1v) is 3.08. The van der Waals surface area contributed by atoms with Crippen molar-refractivity contribution in [2.45, 2.75) is 26.4 Å². The molecule has 0 saturated carbocycles. The van der Waals surface area contributed by atoms with Crippen LogP contribution in [0.5, 0.6) is 0 Å². The Labute approximate surface area is 56.0 Å². The maximum Gasteiger partial charge on any atom is 0.0742 e. The predicted octanol–water partition coefficient (Wildman–Crippen LogP) is -0.252. The van der Waals surface area contributed by atoms with Gasteiger partial charge >= 0.3 is 0 Å². The maximum atomic E-state index is 8.11. The molecule has 3 heteroatoms. The minimum atomic E-state index is -0.560. The topological polar surface area (TPSA) is 60.7 Å². The fourth-order valence-corrected chi connectivity index (χ4v) is 0. The van der Waals surface area contributed by atoms with Gasteiger partial charge in [0.25, 0.3) is 0 Å². The van der Waals surface area contributed by atoms with Gasteiger partial charge in [-0.25, -0.2) is 0 Å². The molecule has 0 aromatic rings. The van der Waals surface area contributed by atoms with Crippen LogP contribution in [-0.4, -0.2) is 34.6 Å². The summed E-state index contributed by atoms with van der Waals surface area (Å²) in [6.45, 7) is 3.64. The number of aliphatic hydroxyl groups is 3. The van der Waals surface area contributed by atoms with Gasteiger partial charge in [-0.15, -0.1) is 0 Å². The van der Waals surface area contributed by atoms with E-state index in [0.717, 1.165) is 6.42 Å². The second kappa shape index (κ2) is 10.8. The summed E-state index contributed by atoms with van der Waals surface area (Å²) >= 11 is 0. The normalized spacial score (nSPS) is 11.7.